The first-order valence-corrected chi connectivity index (χ1v) is 8.09. The molecule has 0 aliphatic rings. The molecule has 2 aromatic carbocycles. The van der Waals surface area contributed by atoms with E-state index in [1.165, 1.54) is 6.07 Å². The maximum atomic E-state index is 11.4. The molecule has 26 heavy (non-hydrogen) atoms. The largest absolute Gasteiger partial charge is 0.487 e. The van der Waals surface area contributed by atoms with Crippen molar-refractivity contribution in [1.29, 1.82) is 0 Å². The molecular weight excluding hydrogens is 330 g/mol. The molecule has 6 heteroatoms. The van der Waals surface area contributed by atoms with E-state index in [1.54, 1.807) is 0 Å². The fourth-order valence-electron chi connectivity index (χ4n) is 2.67. The van der Waals surface area contributed by atoms with Gasteiger partial charge in [-0.15, -0.1) is 0 Å². The number of hydrogen-bond donors (Lipinski definition) is 2. The van der Waals surface area contributed by atoms with E-state index in [-0.39, 0.29) is 6.61 Å². The van der Waals surface area contributed by atoms with Crippen LogP contribution in [0.25, 0.3) is 22.2 Å². The average Bonchev–Trinajstić information content (AvgIpc) is 2.69. The highest BCUT2D eigenvalue weighted by Crippen LogP contribution is 2.24. The lowest BCUT2D eigenvalue weighted by Gasteiger charge is -2.08. The Morgan fingerprint density at radius 1 is 0.885 bits per heavy atom. The number of ether oxygens (including phenoxy) is 1. The third kappa shape index (κ3) is 3.25. The van der Waals surface area contributed by atoms with E-state index in [9.17, 15) is 9.59 Å². The number of rotatable bonds is 4. The number of benzene rings is 2. The molecule has 0 bridgehead atoms. The number of aromatic amines is 2. The first kappa shape index (κ1) is 15.8. The van der Waals surface area contributed by atoms with Crippen molar-refractivity contribution in [2.45, 2.75) is 6.61 Å². The second-order valence-corrected chi connectivity index (χ2v) is 5.82. The zero-order valence-corrected chi connectivity index (χ0v) is 13.7. The molecule has 0 atom stereocenters. The molecule has 2 heterocycles. The average molecular weight is 345 g/mol. The van der Waals surface area contributed by atoms with Gasteiger partial charge in [0.15, 0.2) is 0 Å². The van der Waals surface area contributed by atoms with Crippen LogP contribution in [0.15, 0.2) is 76.3 Å². The summed E-state index contributed by atoms with van der Waals surface area (Å²) >= 11 is 0. The van der Waals surface area contributed by atoms with E-state index < -0.39 is 11.0 Å². The normalized spacial score (nSPS) is 10.8. The Morgan fingerprint density at radius 2 is 1.77 bits per heavy atom. The van der Waals surface area contributed by atoms with Crippen molar-refractivity contribution in [3.05, 3.63) is 93.0 Å². The van der Waals surface area contributed by atoms with Crippen molar-refractivity contribution < 1.29 is 4.74 Å². The van der Waals surface area contributed by atoms with Crippen LogP contribution in [0.4, 0.5) is 0 Å². The molecule has 0 spiro atoms. The van der Waals surface area contributed by atoms with E-state index in [4.69, 9.17) is 4.74 Å². The van der Waals surface area contributed by atoms with Gasteiger partial charge in [0.05, 0.1) is 16.9 Å². The molecule has 4 aromatic rings. The molecule has 0 amide bonds. The zero-order chi connectivity index (χ0) is 17.9. The van der Waals surface area contributed by atoms with E-state index in [0.717, 1.165) is 22.2 Å². The maximum absolute atomic E-state index is 11.4. The minimum atomic E-state index is -0.682. The Balaban J connectivity index is 1.58. The lowest BCUT2D eigenvalue weighted by Crippen LogP contribution is -2.28. The molecule has 0 aliphatic carbocycles. The summed E-state index contributed by atoms with van der Waals surface area (Å²) in [5.41, 5.74) is 1.93. The van der Waals surface area contributed by atoms with Crippen LogP contribution in [-0.4, -0.2) is 15.2 Å². The van der Waals surface area contributed by atoms with Crippen LogP contribution >= 0.6 is 0 Å². The second kappa shape index (κ2) is 6.68. The summed E-state index contributed by atoms with van der Waals surface area (Å²) in [5.74, 6) is 0.643. The van der Waals surface area contributed by atoms with Crippen LogP contribution in [0.3, 0.4) is 0 Å². The Morgan fingerprint density at radius 3 is 2.65 bits per heavy atom. The predicted octanol–water partition coefficient (Wildman–Crippen LogP) is 2.86. The molecule has 0 saturated heterocycles. The van der Waals surface area contributed by atoms with Gasteiger partial charge in [0.2, 0.25) is 5.43 Å². The van der Waals surface area contributed by atoms with Crippen molar-refractivity contribution >= 4 is 10.9 Å². The number of fused-ring (bicyclic) bond motifs is 1. The molecule has 0 aliphatic heterocycles. The zero-order valence-electron chi connectivity index (χ0n) is 13.7. The van der Waals surface area contributed by atoms with Crippen LogP contribution in [0.5, 0.6) is 5.75 Å². The maximum Gasteiger partial charge on any atom is 0.310 e. The van der Waals surface area contributed by atoms with Crippen molar-refractivity contribution in [2.24, 2.45) is 0 Å². The van der Waals surface area contributed by atoms with Crippen LogP contribution in [0.2, 0.25) is 0 Å². The van der Waals surface area contributed by atoms with Crippen LogP contribution in [0, 0.1) is 0 Å². The highest BCUT2D eigenvalue weighted by Gasteiger charge is 2.04. The van der Waals surface area contributed by atoms with Crippen molar-refractivity contribution in [3.8, 4) is 17.0 Å². The quantitative estimate of drug-likeness (QED) is 0.557. The summed E-state index contributed by atoms with van der Waals surface area (Å²) < 4.78 is 5.72. The van der Waals surface area contributed by atoms with Crippen LogP contribution < -0.4 is 15.7 Å². The van der Waals surface area contributed by atoms with E-state index in [0.29, 0.717) is 11.4 Å². The van der Waals surface area contributed by atoms with Crippen molar-refractivity contribution in [3.63, 3.8) is 0 Å². The summed E-state index contributed by atoms with van der Waals surface area (Å²) in [5, 5.41) is 6.00. The monoisotopic (exact) mass is 345 g/mol. The molecule has 0 radical (unpaired) electrons. The fourth-order valence-corrected chi connectivity index (χ4v) is 2.67. The van der Waals surface area contributed by atoms with Crippen LogP contribution in [-0.2, 0) is 6.61 Å². The lowest BCUT2D eigenvalue weighted by molar-refractivity contribution is 0.299. The smallest absolute Gasteiger partial charge is 0.310 e. The summed E-state index contributed by atoms with van der Waals surface area (Å²) in [4.78, 5) is 27.1. The summed E-state index contributed by atoms with van der Waals surface area (Å²) in [6, 6.07) is 20.8. The molecule has 0 unspecified atom stereocenters. The second-order valence-electron chi connectivity index (χ2n) is 5.82. The fraction of sp³-hybridized carbons (Fsp3) is 0.0500. The van der Waals surface area contributed by atoms with Gasteiger partial charge in [-0.2, -0.15) is 0 Å². The third-order valence-corrected chi connectivity index (χ3v) is 3.99. The first-order valence-electron chi connectivity index (χ1n) is 8.09. The van der Waals surface area contributed by atoms with Gasteiger partial charge < -0.3 is 4.74 Å². The number of para-hydroxylation sites is 1. The molecule has 2 aromatic heterocycles. The molecule has 128 valence electrons. The number of pyridine rings is 1. The molecule has 0 fully saturated rings. The molecule has 4 rings (SSSR count). The summed E-state index contributed by atoms with van der Waals surface area (Å²) in [6.45, 7) is 0.140. The van der Waals surface area contributed by atoms with Crippen molar-refractivity contribution in [1.82, 2.24) is 15.2 Å². The number of H-pyrrole nitrogens is 2. The van der Waals surface area contributed by atoms with Gasteiger partial charge in [-0.05, 0) is 24.3 Å². The van der Waals surface area contributed by atoms with E-state index in [2.05, 4.69) is 15.2 Å². The third-order valence-electron chi connectivity index (χ3n) is 3.99. The minimum Gasteiger partial charge on any atom is -0.487 e. The van der Waals surface area contributed by atoms with Gasteiger partial charge in [-0.25, -0.2) is 4.98 Å². The number of nitrogens with zero attached hydrogens (tertiary/aromatic N) is 1. The van der Waals surface area contributed by atoms with Crippen LogP contribution in [0.1, 0.15) is 5.69 Å². The molecule has 6 nitrogen and oxygen atoms in total. The Hall–Kier alpha value is -3.67. The topological polar surface area (TPSA) is 87.8 Å². The van der Waals surface area contributed by atoms with E-state index in [1.807, 2.05) is 60.7 Å². The standard InChI is InChI=1S/C20H15N3O3/c24-19-11-15(22-23-20(19)25)12-26-16-6-3-5-14(10-16)18-9-8-13-4-1-2-7-17(13)21-18/h1-11H,12H2,(H,22,24)(H,23,25). The van der Waals surface area contributed by atoms with E-state index >= 15 is 0 Å². The molecular formula is C20H15N3O3. The number of nitrogens with one attached hydrogen (secondary N) is 2. The summed E-state index contributed by atoms with van der Waals surface area (Å²) in [6.07, 6.45) is 0. The molecule has 0 saturated carbocycles. The summed E-state index contributed by atoms with van der Waals surface area (Å²) in [7, 11) is 0. The highest BCUT2D eigenvalue weighted by atomic mass is 16.5. The van der Waals surface area contributed by atoms with Gasteiger partial charge in [-0.1, -0.05) is 36.4 Å². The number of hydrogen-bond acceptors (Lipinski definition) is 4. The van der Waals surface area contributed by atoms with Gasteiger partial charge >= 0.3 is 5.56 Å². The van der Waals surface area contributed by atoms with Gasteiger partial charge in [0.25, 0.3) is 0 Å². The Kier molecular flexibility index (Phi) is 4.07. The van der Waals surface area contributed by atoms with Gasteiger partial charge in [0, 0.05) is 17.0 Å². The Labute approximate surface area is 148 Å². The molecule has 2 N–H and O–H groups in total. The minimum absolute atomic E-state index is 0.140. The van der Waals surface area contributed by atoms with Crippen molar-refractivity contribution in [2.75, 3.05) is 0 Å². The number of aromatic nitrogens is 3. The Bertz CT molecular complexity index is 1190. The van der Waals surface area contributed by atoms with Gasteiger partial charge in [-0.3, -0.25) is 19.8 Å². The predicted molar refractivity (Wildman–Crippen MR) is 99.2 cm³/mol. The van der Waals surface area contributed by atoms with Gasteiger partial charge in [0.1, 0.15) is 12.4 Å². The lowest BCUT2D eigenvalue weighted by atomic mass is 10.1. The SMILES string of the molecule is O=c1cc(COc2cccc(-c3ccc4ccccc4n3)c2)[nH][nH]c1=O. The first-order chi connectivity index (χ1) is 12.7. The highest BCUT2D eigenvalue weighted by molar-refractivity contribution is 5.81.